The first-order valence-electron chi connectivity index (χ1n) is 13.9. The molecule has 1 unspecified atom stereocenters. The second-order valence-corrected chi connectivity index (χ2v) is 12.6. The normalized spacial score (nSPS) is 28.7. The van der Waals surface area contributed by atoms with E-state index in [2.05, 4.69) is 26.1 Å². The van der Waals surface area contributed by atoms with Gasteiger partial charge in [-0.15, -0.1) is 0 Å². The van der Waals surface area contributed by atoms with Crippen LogP contribution in [0.1, 0.15) is 90.5 Å². The Bertz CT molecular complexity index is 973. The summed E-state index contributed by atoms with van der Waals surface area (Å²) in [5.74, 6) is -2.36. The summed E-state index contributed by atoms with van der Waals surface area (Å²) in [5, 5.41) is 3.14. The molecular formula is C29H42F3N3O2. The smallest absolute Gasteiger partial charge is 0.223 e. The van der Waals surface area contributed by atoms with Crippen LogP contribution < -0.4 is 11.1 Å². The first-order valence-corrected chi connectivity index (χ1v) is 13.9. The van der Waals surface area contributed by atoms with Crippen LogP contribution in [0.2, 0.25) is 0 Å². The van der Waals surface area contributed by atoms with Gasteiger partial charge < -0.3 is 16.0 Å². The molecule has 0 aromatic heterocycles. The lowest BCUT2D eigenvalue weighted by atomic mass is 9.71. The first kappa shape index (κ1) is 27.9. The molecule has 2 saturated heterocycles. The fourth-order valence-corrected chi connectivity index (χ4v) is 6.87. The van der Waals surface area contributed by atoms with Crippen molar-refractivity contribution in [3.63, 3.8) is 0 Å². The minimum absolute atomic E-state index is 0.0118. The van der Waals surface area contributed by atoms with Crippen LogP contribution in [0.15, 0.2) is 12.1 Å². The Hall–Kier alpha value is -2.09. The number of carbonyl (C=O) groups is 2. The van der Waals surface area contributed by atoms with Gasteiger partial charge in [-0.25, -0.2) is 13.2 Å². The molecule has 37 heavy (non-hydrogen) atoms. The van der Waals surface area contributed by atoms with Gasteiger partial charge in [-0.2, -0.15) is 0 Å². The van der Waals surface area contributed by atoms with Gasteiger partial charge in [-0.1, -0.05) is 20.8 Å². The average molecular weight is 522 g/mol. The molecule has 1 aromatic rings. The van der Waals surface area contributed by atoms with Gasteiger partial charge in [0, 0.05) is 43.1 Å². The fraction of sp³-hybridized carbons (Fsp3) is 0.724. The minimum Gasteiger partial charge on any atom is -0.353 e. The van der Waals surface area contributed by atoms with Crippen LogP contribution in [-0.2, 0) is 16.0 Å². The van der Waals surface area contributed by atoms with Crippen molar-refractivity contribution in [2.75, 3.05) is 0 Å². The summed E-state index contributed by atoms with van der Waals surface area (Å²) < 4.78 is 41.0. The Kier molecular flexibility index (Phi) is 8.56. The lowest BCUT2D eigenvalue weighted by Gasteiger charge is -2.41. The molecule has 2 aliphatic heterocycles. The lowest BCUT2D eigenvalue weighted by Crippen LogP contribution is -2.50. The summed E-state index contributed by atoms with van der Waals surface area (Å²) >= 11 is 0. The molecule has 3 aliphatic rings. The first-order chi connectivity index (χ1) is 17.4. The summed E-state index contributed by atoms with van der Waals surface area (Å²) in [5.41, 5.74) is 6.77. The maximum atomic E-state index is 14.1. The van der Waals surface area contributed by atoms with E-state index in [1.54, 1.807) is 0 Å². The number of nitrogens with one attached hydrogen (secondary N) is 1. The van der Waals surface area contributed by atoms with Crippen molar-refractivity contribution in [1.29, 1.82) is 0 Å². The Balaban J connectivity index is 1.23. The topological polar surface area (TPSA) is 75.4 Å². The predicted octanol–water partition coefficient (Wildman–Crippen LogP) is 5.24. The van der Waals surface area contributed by atoms with Crippen LogP contribution >= 0.6 is 0 Å². The van der Waals surface area contributed by atoms with Crippen molar-refractivity contribution in [3.05, 3.63) is 35.1 Å². The summed E-state index contributed by atoms with van der Waals surface area (Å²) in [6, 6.07) is 1.38. The SMILES string of the molecule is CC(C)(C)C1CCC(NC(=O)CCC(=O)N2[C@@H]3CC[C@H]2CC([C@H](N)Cc2cc(F)c(F)cc2F)C3)CC1. The molecule has 4 atom stereocenters. The molecule has 8 heteroatoms. The Labute approximate surface area is 218 Å². The average Bonchev–Trinajstić information content (AvgIpc) is 3.09. The number of hydrogen-bond acceptors (Lipinski definition) is 3. The molecule has 3 fully saturated rings. The fourth-order valence-electron chi connectivity index (χ4n) is 6.87. The van der Waals surface area contributed by atoms with Gasteiger partial charge in [0.05, 0.1) is 0 Å². The summed E-state index contributed by atoms with van der Waals surface area (Å²) in [7, 11) is 0. The van der Waals surface area contributed by atoms with E-state index < -0.39 is 23.5 Å². The number of halogens is 3. The highest BCUT2D eigenvalue weighted by molar-refractivity contribution is 5.84. The van der Waals surface area contributed by atoms with Crippen molar-refractivity contribution in [2.45, 2.75) is 116 Å². The van der Waals surface area contributed by atoms with E-state index in [1.807, 2.05) is 4.90 Å². The van der Waals surface area contributed by atoms with E-state index in [0.717, 1.165) is 44.6 Å². The lowest BCUT2D eigenvalue weighted by molar-refractivity contribution is -0.138. The number of hydrogen-bond donors (Lipinski definition) is 2. The third-order valence-corrected chi connectivity index (χ3v) is 9.09. The summed E-state index contributed by atoms with van der Waals surface area (Å²) in [6.45, 7) is 6.83. The molecule has 1 aromatic carbocycles. The maximum absolute atomic E-state index is 14.1. The molecule has 5 nitrogen and oxygen atoms in total. The molecule has 1 saturated carbocycles. The highest BCUT2D eigenvalue weighted by Gasteiger charge is 2.44. The number of benzene rings is 1. The number of amides is 2. The van der Waals surface area contributed by atoms with E-state index in [1.165, 1.54) is 0 Å². The number of rotatable bonds is 7. The van der Waals surface area contributed by atoms with Gasteiger partial charge in [0.25, 0.3) is 0 Å². The van der Waals surface area contributed by atoms with Gasteiger partial charge in [0.2, 0.25) is 11.8 Å². The zero-order chi connectivity index (χ0) is 26.9. The number of carbonyl (C=O) groups excluding carboxylic acids is 2. The molecule has 1 aliphatic carbocycles. The zero-order valence-electron chi connectivity index (χ0n) is 22.4. The van der Waals surface area contributed by atoms with Gasteiger partial charge in [0.1, 0.15) is 5.82 Å². The second kappa shape index (κ2) is 11.3. The Morgan fingerprint density at radius 3 is 2.14 bits per heavy atom. The van der Waals surface area contributed by atoms with E-state index in [0.29, 0.717) is 30.2 Å². The van der Waals surface area contributed by atoms with Crippen LogP contribution in [0, 0.1) is 34.7 Å². The number of fused-ring (bicyclic) bond motifs is 2. The molecule has 206 valence electrons. The van der Waals surface area contributed by atoms with Crippen LogP contribution in [0.5, 0.6) is 0 Å². The monoisotopic (exact) mass is 521 g/mol. The van der Waals surface area contributed by atoms with Crippen molar-refractivity contribution in [1.82, 2.24) is 10.2 Å². The predicted molar refractivity (Wildman–Crippen MR) is 137 cm³/mol. The van der Waals surface area contributed by atoms with Gasteiger partial charge in [-0.3, -0.25) is 9.59 Å². The summed E-state index contributed by atoms with van der Waals surface area (Å²) in [4.78, 5) is 27.6. The van der Waals surface area contributed by atoms with Crippen LogP contribution in [0.4, 0.5) is 13.2 Å². The standard InChI is InChI=1S/C29H42F3N3O2/c1-29(2,3)19-4-6-20(7-5-19)34-27(36)10-11-28(37)35-21-8-9-22(35)13-18(12-21)26(33)15-17-14-24(31)25(32)16-23(17)30/h14,16,18-22,26H,4-13,15,33H2,1-3H3,(H,34,36)/t18?,19?,20?,21-,22+,26-/m1/s1. The third kappa shape index (κ3) is 6.68. The van der Waals surface area contributed by atoms with Crippen molar-refractivity contribution in [3.8, 4) is 0 Å². The van der Waals surface area contributed by atoms with Crippen LogP contribution in [0.3, 0.4) is 0 Å². The number of nitrogens with two attached hydrogens (primary N) is 1. The molecule has 0 spiro atoms. The Morgan fingerprint density at radius 1 is 0.946 bits per heavy atom. The van der Waals surface area contributed by atoms with Crippen molar-refractivity contribution in [2.24, 2.45) is 23.0 Å². The zero-order valence-corrected chi connectivity index (χ0v) is 22.4. The van der Waals surface area contributed by atoms with Gasteiger partial charge in [-0.05, 0) is 86.7 Å². The number of nitrogens with zero attached hydrogens (tertiary/aromatic N) is 1. The second-order valence-electron chi connectivity index (χ2n) is 12.6. The third-order valence-electron chi connectivity index (χ3n) is 9.09. The Morgan fingerprint density at radius 2 is 1.54 bits per heavy atom. The molecule has 2 heterocycles. The van der Waals surface area contributed by atoms with E-state index in [9.17, 15) is 22.8 Å². The highest BCUT2D eigenvalue weighted by atomic mass is 19.2. The quantitative estimate of drug-likeness (QED) is 0.482. The maximum Gasteiger partial charge on any atom is 0.223 e. The molecule has 2 amide bonds. The summed E-state index contributed by atoms with van der Waals surface area (Å²) in [6.07, 6.45) is 7.95. The van der Waals surface area contributed by atoms with E-state index in [4.69, 9.17) is 5.73 Å². The molecule has 2 bridgehead atoms. The molecule has 4 rings (SSSR count). The minimum atomic E-state index is -1.21. The van der Waals surface area contributed by atoms with Crippen LogP contribution in [0.25, 0.3) is 0 Å². The number of piperidine rings is 1. The van der Waals surface area contributed by atoms with Crippen molar-refractivity contribution < 1.29 is 22.8 Å². The largest absolute Gasteiger partial charge is 0.353 e. The van der Waals surface area contributed by atoms with Crippen LogP contribution in [-0.4, -0.2) is 40.9 Å². The van der Waals surface area contributed by atoms with Gasteiger partial charge >= 0.3 is 0 Å². The highest BCUT2D eigenvalue weighted by Crippen LogP contribution is 2.41. The molecule has 3 N–H and O–H groups in total. The van der Waals surface area contributed by atoms with E-state index >= 15 is 0 Å². The van der Waals surface area contributed by atoms with E-state index in [-0.39, 0.29) is 60.7 Å². The molecular weight excluding hydrogens is 479 g/mol. The van der Waals surface area contributed by atoms with Crippen molar-refractivity contribution >= 4 is 11.8 Å². The molecule has 0 radical (unpaired) electrons. The van der Waals surface area contributed by atoms with Gasteiger partial charge in [0.15, 0.2) is 11.6 Å².